The molecule has 0 bridgehead atoms. The summed E-state index contributed by atoms with van der Waals surface area (Å²) >= 11 is 0. The number of hydrogen-bond donors (Lipinski definition) is 3. The smallest absolute Gasteiger partial charge is 0.231 e. The van der Waals surface area contributed by atoms with E-state index < -0.39 is 0 Å². The summed E-state index contributed by atoms with van der Waals surface area (Å²) in [5, 5.41) is 15.6. The summed E-state index contributed by atoms with van der Waals surface area (Å²) in [6.07, 6.45) is 1.51. The van der Waals surface area contributed by atoms with E-state index in [1.54, 1.807) is 0 Å². The van der Waals surface area contributed by atoms with E-state index >= 15 is 0 Å². The molecule has 1 aromatic heterocycles. The van der Waals surface area contributed by atoms with E-state index in [0.29, 0.717) is 24.3 Å². The number of nitrogens with one attached hydrogen (secondary N) is 2. The van der Waals surface area contributed by atoms with Crippen molar-refractivity contribution in [2.75, 3.05) is 42.8 Å². The maximum absolute atomic E-state index is 9.18. The molecule has 20 heavy (non-hydrogen) atoms. The van der Waals surface area contributed by atoms with Crippen LogP contribution in [-0.2, 0) is 0 Å². The van der Waals surface area contributed by atoms with E-state index in [-0.39, 0.29) is 12.1 Å². The molecular formula is C13H26N6O. The molecule has 1 unspecified atom stereocenters. The second kappa shape index (κ2) is 7.23. The van der Waals surface area contributed by atoms with Gasteiger partial charge in [0, 0.05) is 32.8 Å². The van der Waals surface area contributed by atoms with Gasteiger partial charge >= 0.3 is 0 Å². The van der Waals surface area contributed by atoms with Crippen LogP contribution in [0.25, 0.3) is 0 Å². The Balaban J connectivity index is 3.03. The molecular weight excluding hydrogens is 256 g/mol. The zero-order valence-corrected chi connectivity index (χ0v) is 13.1. The Kier molecular flexibility index (Phi) is 5.94. The Morgan fingerprint density at radius 1 is 1.15 bits per heavy atom. The van der Waals surface area contributed by atoms with Crippen molar-refractivity contribution >= 4 is 17.8 Å². The third-order valence-electron chi connectivity index (χ3n) is 3.22. The number of hydrogen-bond acceptors (Lipinski definition) is 7. The highest BCUT2D eigenvalue weighted by atomic mass is 16.3. The molecule has 0 spiro atoms. The molecule has 0 aliphatic rings. The van der Waals surface area contributed by atoms with Gasteiger partial charge in [-0.25, -0.2) is 0 Å². The number of nitrogens with zero attached hydrogens (tertiary/aromatic N) is 4. The van der Waals surface area contributed by atoms with E-state index in [0.717, 1.165) is 13.0 Å². The average Bonchev–Trinajstić information content (AvgIpc) is 2.39. The summed E-state index contributed by atoms with van der Waals surface area (Å²) in [7, 11) is 3.78. The lowest BCUT2D eigenvalue weighted by atomic mass is 9.95. The minimum atomic E-state index is -0.233. The molecule has 7 heteroatoms. The van der Waals surface area contributed by atoms with E-state index in [1.165, 1.54) is 0 Å². The molecule has 114 valence electrons. The topological polar surface area (TPSA) is 86.2 Å². The third kappa shape index (κ3) is 4.48. The first-order chi connectivity index (χ1) is 9.44. The van der Waals surface area contributed by atoms with Gasteiger partial charge in [0.1, 0.15) is 0 Å². The Morgan fingerprint density at radius 2 is 1.80 bits per heavy atom. The van der Waals surface area contributed by atoms with E-state index in [2.05, 4.69) is 39.4 Å². The van der Waals surface area contributed by atoms with Gasteiger partial charge in [0.2, 0.25) is 17.8 Å². The zero-order chi connectivity index (χ0) is 15.2. The first-order valence-corrected chi connectivity index (χ1v) is 7.00. The molecule has 1 aromatic rings. The first-order valence-electron chi connectivity index (χ1n) is 7.00. The molecule has 0 aromatic carbocycles. The SMILES string of the molecule is CCNc1nc(NC(C)(CC)CCO)nc(N(C)C)n1. The van der Waals surface area contributed by atoms with Crippen LogP contribution >= 0.6 is 0 Å². The van der Waals surface area contributed by atoms with Crippen molar-refractivity contribution in [3.05, 3.63) is 0 Å². The van der Waals surface area contributed by atoms with Crippen LogP contribution in [0.5, 0.6) is 0 Å². The highest BCUT2D eigenvalue weighted by Crippen LogP contribution is 2.21. The minimum absolute atomic E-state index is 0.128. The van der Waals surface area contributed by atoms with Crippen molar-refractivity contribution < 1.29 is 5.11 Å². The van der Waals surface area contributed by atoms with Crippen LogP contribution in [0.4, 0.5) is 17.8 Å². The van der Waals surface area contributed by atoms with Crippen LogP contribution in [0.2, 0.25) is 0 Å². The third-order valence-corrected chi connectivity index (χ3v) is 3.22. The fourth-order valence-corrected chi connectivity index (χ4v) is 1.70. The molecule has 1 heterocycles. The summed E-state index contributed by atoms with van der Waals surface area (Å²) in [5.74, 6) is 1.68. The minimum Gasteiger partial charge on any atom is -0.396 e. The van der Waals surface area contributed by atoms with Crippen molar-refractivity contribution in [3.63, 3.8) is 0 Å². The van der Waals surface area contributed by atoms with Gasteiger partial charge in [-0.05, 0) is 26.7 Å². The van der Waals surface area contributed by atoms with Gasteiger partial charge in [-0.2, -0.15) is 15.0 Å². The van der Waals surface area contributed by atoms with E-state index in [4.69, 9.17) is 0 Å². The summed E-state index contributed by atoms with van der Waals surface area (Å²) in [5.41, 5.74) is -0.233. The number of aromatic nitrogens is 3. The molecule has 0 saturated carbocycles. The van der Waals surface area contributed by atoms with Crippen LogP contribution in [0.15, 0.2) is 0 Å². The highest BCUT2D eigenvalue weighted by molar-refractivity contribution is 5.44. The fraction of sp³-hybridized carbons (Fsp3) is 0.769. The number of aliphatic hydroxyl groups excluding tert-OH is 1. The summed E-state index contributed by atoms with van der Waals surface area (Å²) in [6.45, 7) is 6.99. The predicted octanol–water partition coefficient (Wildman–Crippen LogP) is 1.33. The molecule has 0 radical (unpaired) electrons. The molecule has 0 aliphatic heterocycles. The normalized spacial score (nSPS) is 13.7. The highest BCUT2D eigenvalue weighted by Gasteiger charge is 2.23. The standard InChI is InChI=1S/C13H26N6O/c1-6-13(3,8-9-20)18-11-15-10(14-7-2)16-12(17-11)19(4)5/h20H,6-9H2,1-5H3,(H2,14,15,16,17,18). The second-order valence-electron chi connectivity index (χ2n) is 5.22. The van der Waals surface area contributed by atoms with Crippen LogP contribution in [0, 0.1) is 0 Å². The fourth-order valence-electron chi connectivity index (χ4n) is 1.70. The van der Waals surface area contributed by atoms with Gasteiger partial charge in [0.25, 0.3) is 0 Å². The maximum Gasteiger partial charge on any atom is 0.231 e. The Hall–Kier alpha value is -1.63. The molecule has 7 nitrogen and oxygen atoms in total. The summed E-state index contributed by atoms with van der Waals surface area (Å²) < 4.78 is 0. The molecule has 1 atom stereocenters. The lowest BCUT2D eigenvalue weighted by Gasteiger charge is -2.29. The van der Waals surface area contributed by atoms with Crippen LogP contribution in [-0.4, -0.2) is 52.8 Å². The first kappa shape index (κ1) is 16.4. The molecule has 1 rings (SSSR count). The lowest BCUT2D eigenvalue weighted by Crippen LogP contribution is -2.36. The maximum atomic E-state index is 9.18. The van der Waals surface area contributed by atoms with Gasteiger partial charge in [0.05, 0.1) is 0 Å². The average molecular weight is 282 g/mol. The van der Waals surface area contributed by atoms with Gasteiger partial charge in [-0.15, -0.1) is 0 Å². The van der Waals surface area contributed by atoms with Gasteiger partial charge in [0.15, 0.2) is 0 Å². The monoisotopic (exact) mass is 282 g/mol. The number of aliphatic hydroxyl groups is 1. The van der Waals surface area contributed by atoms with Crippen molar-refractivity contribution in [2.24, 2.45) is 0 Å². The largest absolute Gasteiger partial charge is 0.396 e. The number of rotatable bonds is 8. The van der Waals surface area contributed by atoms with Crippen molar-refractivity contribution in [2.45, 2.75) is 39.2 Å². The summed E-state index contributed by atoms with van der Waals surface area (Å²) in [4.78, 5) is 14.9. The van der Waals surface area contributed by atoms with Crippen molar-refractivity contribution in [3.8, 4) is 0 Å². The van der Waals surface area contributed by atoms with Gasteiger partial charge in [-0.1, -0.05) is 6.92 Å². The van der Waals surface area contributed by atoms with Gasteiger partial charge < -0.3 is 20.6 Å². The van der Waals surface area contributed by atoms with Crippen LogP contribution < -0.4 is 15.5 Å². The molecule has 0 aliphatic carbocycles. The number of anilines is 3. The predicted molar refractivity (Wildman–Crippen MR) is 82.3 cm³/mol. The molecule has 0 fully saturated rings. The molecule has 3 N–H and O–H groups in total. The molecule has 0 saturated heterocycles. The van der Waals surface area contributed by atoms with Crippen molar-refractivity contribution in [1.82, 2.24) is 15.0 Å². The van der Waals surface area contributed by atoms with Crippen LogP contribution in [0.3, 0.4) is 0 Å². The van der Waals surface area contributed by atoms with E-state index in [1.807, 2.05) is 25.9 Å². The van der Waals surface area contributed by atoms with Crippen molar-refractivity contribution in [1.29, 1.82) is 0 Å². The van der Waals surface area contributed by atoms with E-state index in [9.17, 15) is 5.11 Å². The Labute approximate surface area is 120 Å². The molecule has 0 amide bonds. The Bertz CT molecular complexity index is 425. The zero-order valence-electron chi connectivity index (χ0n) is 13.1. The summed E-state index contributed by atoms with van der Waals surface area (Å²) in [6, 6.07) is 0. The lowest BCUT2D eigenvalue weighted by molar-refractivity contribution is 0.251. The van der Waals surface area contributed by atoms with Gasteiger partial charge in [-0.3, -0.25) is 0 Å². The Morgan fingerprint density at radius 3 is 2.30 bits per heavy atom. The second-order valence-corrected chi connectivity index (χ2v) is 5.22. The van der Waals surface area contributed by atoms with Crippen LogP contribution in [0.1, 0.15) is 33.6 Å². The quantitative estimate of drug-likeness (QED) is 0.663.